The number of fused-ring (bicyclic) bond motifs is 1. The minimum atomic E-state index is 0.553. The summed E-state index contributed by atoms with van der Waals surface area (Å²) in [5.41, 5.74) is 6.41. The maximum atomic E-state index is 4.47. The van der Waals surface area contributed by atoms with Gasteiger partial charge in [-0.05, 0) is 29.2 Å². The van der Waals surface area contributed by atoms with Gasteiger partial charge in [0, 0.05) is 0 Å². The summed E-state index contributed by atoms with van der Waals surface area (Å²) < 4.78 is 1.16. The molecule has 0 unspecified atom stereocenters. The van der Waals surface area contributed by atoms with Gasteiger partial charge in [0.25, 0.3) is 0 Å². The first-order chi connectivity index (χ1) is 10.2. The van der Waals surface area contributed by atoms with Crippen molar-refractivity contribution < 1.29 is 0 Å². The van der Waals surface area contributed by atoms with E-state index in [2.05, 4.69) is 59.7 Å². The predicted octanol–water partition coefficient (Wildman–Crippen LogP) is 4.87. The number of hydrogen-bond acceptors (Lipinski definition) is 4. The summed E-state index contributed by atoms with van der Waals surface area (Å²) in [5, 5.41) is 5.07. The molecule has 21 heavy (non-hydrogen) atoms. The van der Waals surface area contributed by atoms with Gasteiger partial charge in [0.2, 0.25) is 5.13 Å². The fourth-order valence-corrected chi connectivity index (χ4v) is 2.86. The molecule has 0 bridgehead atoms. The zero-order valence-electron chi connectivity index (χ0n) is 12.1. The standard InChI is InChI=1S/C17H17N3S/c1-12(2)14-9-7-13(8-10-14)11-18-20-17-19-15-5-3-4-6-16(15)21-17/h3-12H,1-2H3,(H,19,20). The maximum absolute atomic E-state index is 4.47. The van der Waals surface area contributed by atoms with Crippen molar-refractivity contribution in [2.24, 2.45) is 5.10 Å². The lowest BCUT2D eigenvalue weighted by Crippen LogP contribution is -1.91. The topological polar surface area (TPSA) is 37.3 Å². The van der Waals surface area contributed by atoms with Gasteiger partial charge in [-0.15, -0.1) is 0 Å². The van der Waals surface area contributed by atoms with E-state index in [0.717, 1.165) is 20.9 Å². The Kier molecular flexibility index (Phi) is 3.97. The molecular weight excluding hydrogens is 278 g/mol. The number of hydrazone groups is 1. The van der Waals surface area contributed by atoms with Crippen LogP contribution >= 0.6 is 11.3 Å². The summed E-state index contributed by atoms with van der Waals surface area (Å²) in [6.45, 7) is 4.38. The van der Waals surface area contributed by atoms with Gasteiger partial charge in [0.05, 0.1) is 16.4 Å². The SMILES string of the molecule is CC(C)c1ccc(C=NNc2nc3ccccc3s2)cc1. The van der Waals surface area contributed by atoms with Gasteiger partial charge in [-0.2, -0.15) is 5.10 Å². The fraction of sp³-hybridized carbons (Fsp3) is 0.176. The Morgan fingerprint density at radius 2 is 1.86 bits per heavy atom. The number of anilines is 1. The third-order valence-electron chi connectivity index (χ3n) is 3.27. The average Bonchev–Trinajstić information content (AvgIpc) is 2.90. The molecule has 0 aliphatic carbocycles. The second kappa shape index (κ2) is 6.06. The Labute approximate surface area is 128 Å². The van der Waals surface area contributed by atoms with Gasteiger partial charge in [0.1, 0.15) is 0 Å². The number of thiazole rings is 1. The second-order valence-electron chi connectivity index (χ2n) is 5.18. The van der Waals surface area contributed by atoms with Crippen LogP contribution in [-0.2, 0) is 0 Å². The molecule has 0 atom stereocenters. The first-order valence-electron chi connectivity index (χ1n) is 6.97. The number of para-hydroxylation sites is 1. The van der Waals surface area contributed by atoms with Gasteiger partial charge >= 0.3 is 0 Å². The molecule has 0 spiro atoms. The molecule has 3 aromatic rings. The number of benzene rings is 2. The fourth-order valence-electron chi connectivity index (χ4n) is 2.05. The Bertz CT molecular complexity index is 724. The molecule has 106 valence electrons. The van der Waals surface area contributed by atoms with Crippen LogP contribution in [0.3, 0.4) is 0 Å². The van der Waals surface area contributed by atoms with Gasteiger partial charge < -0.3 is 0 Å². The van der Waals surface area contributed by atoms with E-state index in [-0.39, 0.29) is 0 Å². The molecule has 2 aromatic carbocycles. The van der Waals surface area contributed by atoms with Crippen molar-refractivity contribution in [3.8, 4) is 0 Å². The lowest BCUT2D eigenvalue weighted by Gasteiger charge is -2.04. The molecule has 0 saturated carbocycles. The summed E-state index contributed by atoms with van der Waals surface area (Å²) in [5.74, 6) is 0.553. The van der Waals surface area contributed by atoms with Crippen molar-refractivity contribution >= 4 is 32.9 Å². The molecule has 1 heterocycles. The molecule has 0 saturated heterocycles. The Morgan fingerprint density at radius 3 is 2.57 bits per heavy atom. The highest BCUT2D eigenvalue weighted by atomic mass is 32.1. The molecular formula is C17H17N3S. The van der Waals surface area contributed by atoms with E-state index in [1.165, 1.54) is 5.56 Å². The number of nitrogens with one attached hydrogen (secondary N) is 1. The third-order valence-corrected chi connectivity index (χ3v) is 4.21. The first-order valence-corrected chi connectivity index (χ1v) is 7.78. The van der Waals surface area contributed by atoms with Crippen molar-refractivity contribution in [1.29, 1.82) is 0 Å². The Hall–Kier alpha value is -2.20. The van der Waals surface area contributed by atoms with Crippen LogP contribution in [0.25, 0.3) is 10.2 Å². The zero-order chi connectivity index (χ0) is 14.7. The van der Waals surface area contributed by atoms with E-state index in [0.29, 0.717) is 5.92 Å². The Balaban J connectivity index is 1.68. The molecule has 1 N–H and O–H groups in total. The largest absolute Gasteiger partial charge is 0.253 e. The highest BCUT2D eigenvalue weighted by molar-refractivity contribution is 7.22. The van der Waals surface area contributed by atoms with E-state index in [4.69, 9.17) is 0 Å². The minimum Gasteiger partial charge on any atom is -0.253 e. The smallest absolute Gasteiger partial charge is 0.204 e. The van der Waals surface area contributed by atoms with Crippen molar-refractivity contribution in [3.63, 3.8) is 0 Å². The summed E-state index contributed by atoms with van der Waals surface area (Å²) in [6, 6.07) is 16.5. The van der Waals surface area contributed by atoms with E-state index >= 15 is 0 Å². The van der Waals surface area contributed by atoms with Crippen molar-refractivity contribution in [2.45, 2.75) is 19.8 Å². The quantitative estimate of drug-likeness (QED) is 0.551. The number of aromatic nitrogens is 1. The summed E-state index contributed by atoms with van der Waals surface area (Å²) in [4.78, 5) is 4.47. The Morgan fingerprint density at radius 1 is 1.10 bits per heavy atom. The van der Waals surface area contributed by atoms with E-state index in [9.17, 15) is 0 Å². The zero-order valence-corrected chi connectivity index (χ0v) is 12.9. The highest BCUT2D eigenvalue weighted by Gasteiger charge is 2.01. The summed E-state index contributed by atoms with van der Waals surface area (Å²) in [6.07, 6.45) is 1.82. The summed E-state index contributed by atoms with van der Waals surface area (Å²) in [7, 11) is 0. The van der Waals surface area contributed by atoms with Crippen molar-refractivity contribution in [2.75, 3.05) is 5.43 Å². The average molecular weight is 295 g/mol. The molecule has 0 aliphatic heterocycles. The van der Waals surface area contributed by atoms with E-state index in [1.54, 1.807) is 11.3 Å². The van der Waals surface area contributed by atoms with Crippen molar-refractivity contribution in [3.05, 3.63) is 59.7 Å². The molecule has 0 aliphatic rings. The van der Waals surface area contributed by atoms with Gasteiger partial charge in [-0.25, -0.2) is 4.98 Å². The lowest BCUT2D eigenvalue weighted by atomic mass is 10.0. The molecule has 0 fully saturated rings. The van der Waals surface area contributed by atoms with Gasteiger partial charge in [0.15, 0.2) is 0 Å². The highest BCUT2D eigenvalue weighted by Crippen LogP contribution is 2.25. The van der Waals surface area contributed by atoms with Crippen LogP contribution < -0.4 is 5.43 Å². The third kappa shape index (κ3) is 3.28. The van der Waals surface area contributed by atoms with Gasteiger partial charge in [-0.1, -0.05) is 61.6 Å². The van der Waals surface area contributed by atoms with Crippen LogP contribution in [0.4, 0.5) is 5.13 Å². The molecule has 4 heteroatoms. The molecule has 0 amide bonds. The van der Waals surface area contributed by atoms with Crippen LogP contribution in [0.5, 0.6) is 0 Å². The van der Waals surface area contributed by atoms with Crippen LogP contribution in [-0.4, -0.2) is 11.2 Å². The number of rotatable bonds is 4. The molecule has 1 aromatic heterocycles. The van der Waals surface area contributed by atoms with Crippen LogP contribution in [0.1, 0.15) is 30.9 Å². The second-order valence-corrected chi connectivity index (χ2v) is 6.21. The van der Waals surface area contributed by atoms with E-state index < -0.39 is 0 Å². The maximum Gasteiger partial charge on any atom is 0.204 e. The first kappa shape index (κ1) is 13.8. The minimum absolute atomic E-state index is 0.553. The molecule has 0 radical (unpaired) electrons. The molecule has 3 rings (SSSR count). The van der Waals surface area contributed by atoms with E-state index in [1.807, 2.05) is 24.4 Å². The van der Waals surface area contributed by atoms with Gasteiger partial charge in [-0.3, -0.25) is 5.43 Å². The summed E-state index contributed by atoms with van der Waals surface area (Å²) >= 11 is 1.60. The number of nitrogens with zero attached hydrogens (tertiary/aromatic N) is 2. The lowest BCUT2D eigenvalue weighted by molar-refractivity contribution is 0.866. The predicted molar refractivity (Wildman–Crippen MR) is 91.4 cm³/mol. The van der Waals surface area contributed by atoms with Crippen LogP contribution in [0.2, 0.25) is 0 Å². The number of hydrogen-bond donors (Lipinski definition) is 1. The van der Waals surface area contributed by atoms with Crippen LogP contribution in [0.15, 0.2) is 53.6 Å². The monoisotopic (exact) mass is 295 g/mol. The van der Waals surface area contributed by atoms with Crippen LogP contribution in [0, 0.1) is 0 Å². The molecule has 3 nitrogen and oxygen atoms in total. The normalized spacial score (nSPS) is 11.6. The van der Waals surface area contributed by atoms with Crippen molar-refractivity contribution in [1.82, 2.24) is 4.98 Å².